The van der Waals surface area contributed by atoms with E-state index in [4.69, 9.17) is 4.74 Å². The number of hydrogen-bond acceptors (Lipinski definition) is 4. The second kappa shape index (κ2) is 12.2. The van der Waals surface area contributed by atoms with E-state index in [1.165, 1.54) is 0 Å². The first-order chi connectivity index (χ1) is 17.2. The number of ether oxygens (including phenoxy) is 1. The zero-order valence-corrected chi connectivity index (χ0v) is 20.3. The van der Waals surface area contributed by atoms with Crippen molar-refractivity contribution in [3.63, 3.8) is 0 Å². The van der Waals surface area contributed by atoms with Gasteiger partial charge in [-0.25, -0.2) is 0 Å². The molecule has 1 aromatic heterocycles. The quantitative estimate of drug-likeness (QED) is 0.545. The second-order valence-electron chi connectivity index (χ2n) is 8.84. The average Bonchev–Trinajstić information content (AvgIpc) is 2.92. The topological polar surface area (TPSA) is 62.7 Å². The van der Waals surface area contributed by atoms with E-state index in [-0.39, 0.29) is 24.5 Å². The Morgan fingerprint density at radius 1 is 0.971 bits per heavy atom. The van der Waals surface area contributed by atoms with Gasteiger partial charge in [-0.2, -0.15) is 0 Å². The number of amides is 2. The largest absolute Gasteiger partial charge is 0.491 e. The van der Waals surface area contributed by atoms with Crippen molar-refractivity contribution >= 4 is 11.8 Å². The van der Waals surface area contributed by atoms with Crippen LogP contribution in [0.2, 0.25) is 0 Å². The summed E-state index contributed by atoms with van der Waals surface area (Å²) >= 11 is 0. The molecule has 0 saturated carbocycles. The van der Waals surface area contributed by atoms with Gasteiger partial charge in [0.2, 0.25) is 0 Å². The van der Waals surface area contributed by atoms with E-state index in [2.05, 4.69) is 17.1 Å². The van der Waals surface area contributed by atoms with E-state index in [9.17, 15) is 9.59 Å². The lowest BCUT2D eigenvalue weighted by atomic mass is 10.0. The number of pyridine rings is 1. The zero-order valence-electron chi connectivity index (χ0n) is 20.3. The first-order valence-corrected chi connectivity index (χ1v) is 12.4. The van der Waals surface area contributed by atoms with Gasteiger partial charge in [0.25, 0.3) is 11.8 Å². The molecule has 0 saturated heterocycles. The Morgan fingerprint density at radius 3 is 2.51 bits per heavy atom. The van der Waals surface area contributed by atoms with Crippen molar-refractivity contribution in [1.82, 2.24) is 14.8 Å². The third-order valence-corrected chi connectivity index (χ3v) is 6.47. The molecule has 0 fully saturated rings. The highest BCUT2D eigenvalue weighted by molar-refractivity contribution is 5.97. The third-order valence-electron chi connectivity index (χ3n) is 6.47. The molecule has 0 aliphatic carbocycles. The number of nitrogens with zero attached hydrogens (tertiary/aromatic N) is 3. The van der Waals surface area contributed by atoms with Crippen molar-refractivity contribution in [1.29, 1.82) is 0 Å². The highest BCUT2D eigenvalue weighted by atomic mass is 16.5. The van der Waals surface area contributed by atoms with Gasteiger partial charge in [0.15, 0.2) is 0 Å². The van der Waals surface area contributed by atoms with Gasteiger partial charge in [-0.1, -0.05) is 42.5 Å². The minimum Gasteiger partial charge on any atom is -0.491 e. The lowest BCUT2D eigenvalue weighted by Gasteiger charge is -2.32. The highest BCUT2D eigenvalue weighted by Gasteiger charge is 2.27. The molecule has 2 heterocycles. The van der Waals surface area contributed by atoms with E-state index < -0.39 is 0 Å². The Kier molecular flexibility index (Phi) is 8.49. The Hall–Kier alpha value is -3.67. The Labute approximate surface area is 207 Å². The number of rotatable bonds is 4. The zero-order chi connectivity index (χ0) is 24.5. The van der Waals surface area contributed by atoms with Crippen molar-refractivity contribution in [2.75, 3.05) is 26.2 Å². The summed E-state index contributed by atoms with van der Waals surface area (Å²) in [6.07, 6.45) is 6.63. The van der Waals surface area contributed by atoms with Gasteiger partial charge in [0.1, 0.15) is 12.4 Å². The van der Waals surface area contributed by atoms with Crippen molar-refractivity contribution in [2.45, 2.75) is 38.6 Å². The summed E-state index contributed by atoms with van der Waals surface area (Å²) < 4.78 is 6.31. The molecular weight excluding hydrogens is 438 g/mol. The van der Waals surface area contributed by atoms with Gasteiger partial charge in [-0.05, 0) is 62.4 Å². The maximum Gasteiger partial charge on any atom is 0.257 e. The number of benzene rings is 2. The minimum atomic E-state index is -0.198. The maximum absolute atomic E-state index is 13.6. The molecule has 35 heavy (non-hydrogen) atoms. The molecule has 1 aliphatic rings. The van der Waals surface area contributed by atoms with Crippen LogP contribution in [0, 0.1) is 0 Å². The van der Waals surface area contributed by atoms with Gasteiger partial charge in [0.05, 0.1) is 17.2 Å². The van der Waals surface area contributed by atoms with E-state index >= 15 is 0 Å². The Morgan fingerprint density at radius 2 is 1.74 bits per heavy atom. The average molecular weight is 472 g/mol. The molecule has 182 valence electrons. The van der Waals surface area contributed by atoms with Gasteiger partial charge in [-0.15, -0.1) is 0 Å². The monoisotopic (exact) mass is 471 g/mol. The number of carbonyl (C=O) groups excluding carboxylic acids is 2. The number of fused-ring (bicyclic) bond motifs is 1. The first kappa shape index (κ1) is 24.5. The van der Waals surface area contributed by atoms with Gasteiger partial charge in [-0.3, -0.25) is 14.6 Å². The Bertz CT molecular complexity index is 1100. The summed E-state index contributed by atoms with van der Waals surface area (Å²) in [6, 6.07) is 21.0. The van der Waals surface area contributed by atoms with E-state index in [1.54, 1.807) is 18.5 Å². The van der Waals surface area contributed by atoms with Crippen LogP contribution in [0.3, 0.4) is 0 Å². The van der Waals surface area contributed by atoms with Crippen molar-refractivity contribution in [3.8, 4) is 5.75 Å². The number of aromatic nitrogens is 1. The molecule has 6 heteroatoms. The normalized spacial score (nSPS) is 17.4. The predicted molar refractivity (Wildman–Crippen MR) is 137 cm³/mol. The third kappa shape index (κ3) is 6.27. The fourth-order valence-corrected chi connectivity index (χ4v) is 4.54. The van der Waals surface area contributed by atoms with Gasteiger partial charge in [0, 0.05) is 32.0 Å². The maximum atomic E-state index is 13.6. The van der Waals surface area contributed by atoms with Crippen LogP contribution in [0.5, 0.6) is 5.75 Å². The summed E-state index contributed by atoms with van der Waals surface area (Å²) in [4.78, 5) is 34.9. The summed E-state index contributed by atoms with van der Waals surface area (Å²) in [5.74, 6) is 0.504. The lowest BCUT2D eigenvalue weighted by Crippen LogP contribution is -2.45. The van der Waals surface area contributed by atoms with Crippen molar-refractivity contribution in [3.05, 3.63) is 95.8 Å². The summed E-state index contributed by atoms with van der Waals surface area (Å²) in [5, 5.41) is 0. The van der Waals surface area contributed by atoms with Crippen LogP contribution in [-0.4, -0.2) is 58.9 Å². The van der Waals surface area contributed by atoms with Crippen LogP contribution in [0.15, 0.2) is 79.1 Å². The summed E-state index contributed by atoms with van der Waals surface area (Å²) in [5.41, 5.74) is 2.27. The van der Waals surface area contributed by atoms with Crippen LogP contribution < -0.4 is 4.74 Å². The molecule has 3 aromatic rings. The molecule has 2 aromatic carbocycles. The molecule has 2 amide bonds. The van der Waals surface area contributed by atoms with E-state index in [0.717, 1.165) is 24.8 Å². The second-order valence-corrected chi connectivity index (χ2v) is 8.84. The molecule has 0 N–H and O–H groups in total. The van der Waals surface area contributed by atoms with Gasteiger partial charge >= 0.3 is 0 Å². The summed E-state index contributed by atoms with van der Waals surface area (Å²) in [6.45, 7) is 4.25. The molecule has 1 atom stereocenters. The molecule has 4 rings (SSSR count). The first-order valence-electron chi connectivity index (χ1n) is 12.4. The fourth-order valence-electron chi connectivity index (χ4n) is 4.54. The highest BCUT2D eigenvalue weighted by Crippen LogP contribution is 2.23. The standard InChI is InChI=1S/C29H33N3O3/c1-2-31-18-9-4-10-19-32(28(33)24-14-11-17-30-21-24)25(20-23-12-5-3-6-13-23)22-35-27-16-8-7-15-26(27)29(31)34/h3,5-8,11-17,21,25H,2,4,9-10,18-20,22H2,1H3/t25-/m0/s1. The van der Waals surface area contributed by atoms with Crippen LogP contribution in [0.25, 0.3) is 0 Å². The summed E-state index contributed by atoms with van der Waals surface area (Å²) in [7, 11) is 0. The number of para-hydroxylation sites is 1. The van der Waals surface area contributed by atoms with Gasteiger partial charge < -0.3 is 14.5 Å². The molecule has 0 unspecified atom stereocenters. The predicted octanol–water partition coefficient (Wildman–Crippen LogP) is 4.86. The van der Waals surface area contributed by atoms with E-state index in [1.807, 2.05) is 65.3 Å². The van der Waals surface area contributed by atoms with Crippen molar-refractivity contribution < 1.29 is 14.3 Å². The molecule has 0 spiro atoms. The smallest absolute Gasteiger partial charge is 0.257 e. The molecule has 6 nitrogen and oxygen atoms in total. The SMILES string of the molecule is CCN1CCCCCN(C(=O)c2cccnc2)[C@@H](Cc2ccccc2)COc2ccccc2C1=O. The van der Waals surface area contributed by atoms with E-state index in [0.29, 0.717) is 42.9 Å². The van der Waals surface area contributed by atoms with Crippen LogP contribution in [0.1, 0.15) is 52.5 Å². The minimum absolute atomic E-state index is 0.00903. The number of hydrogen-bond donors (Lipinski definition) is 0. The fraction of sp³-hybridized carbons (Fsp3) is 0.345. The molecular formula is C29H33N3O3. The van der Waals surface area contributed by atoms with Crippen LogP contribution in [-0.2, 0) is 6.42 Å². The van der Waals surface area contributed by atoms with Crippen LogP contribution >= 0.6 is 0 Å². The van der Waals surface area contributed by atoms with Crippen molar-refractivity contribution in [2.24, 2.45) is 0 Å². The lowest BCUT2D eigenvalue weighted by molar-refractivity contribution is 0.0605. The molecule has 0 radical (unpaired) electrons. The molecule has 1 aliphatic heterocycles. The van der Waals surface area contributed by atoms with Crippen LogP contribution in [0.4, 0.5) is 0 Å². The molecule has 0 bridgehead atoms. The Balaban J connectivity index is 1.68. The number of carbonyl (C=O) groups is 2.